The van der Waals surface area contributed by atoms with Crippen LogP contribution in [0.1, 0.15) is 40.2 Å². The summed E-state index contributed by atoms with van der Waals surface area (Å²) in [6, 6.07) is 10.7. The molecule has 8 heteroatoms. The molecule has 6 nitrogen and oxygen atoms in total. The topological polar surface area (TPSA) is 68.2 Å². The number of rotatable bonds is 7. The molecule has 31 heavy (non-hydrogen) atoms. The second-order valence-electron chi connectivity index (χ2n) is 7.96. The zero-order valence-corrected chi connectivity index (χ0v) is 19.8. The molecule has 4 rings (SSSR count). The fraction of sp³-hybridized carbons (Fsp3) is 0.304. The van der Waals surface area contributed by atoms with Crippen LogP contribution in [0, 0.1) is 36.1 Å². The Bertz CT molecular complexity index is 1140. The van der Waals surface area contributed by atoms with Gasteiger partial charge in [0, 0.05) is 15.0 Å². The maximum Gasteiger partial charge on any atom is 0.277 e. The van der Waals surface area contributed by atoms with Crippen molar-refractivity contribution in [2.75, 3.05) is 11.9 Å². The van der Waals surface area contributed by atoms with E-state index in [0.29, 0.717) is 18.2 Å². The molecule has 1 heterocycles. The number of benzene rings is 2. The van der Waals surface area contributed by atoms with E-state index in [1.807, 2.05) is 45.0 Å². The highest BCUT2D eigenvalue weighted by Gasteiger charge is 2.23. The van der Waals surface area contributed by atoms with Crippen LogP contribution in [0.3, 0.4) is 0 Å². The fourth-order valence-corrected chi connectivity index (χ4v) is 4.01. The van der Waals surface area contributed by atoms with Crippen molar-refractivity contribution >= 4 is 39.9 Å². The van der Waals surface area contributed by atoms with Crippen molar-refractivity contribution in [3.8, 4) is 5.69 Å². The third-order valence-corrected chi connectivity index (χ3v) is 5.88. The molecule has 2 aromatic carbocycles. The second kappa shape index (κ2) is 8.96. The van der Waals surface area contributed by atoms with E-state index in [1.54, 1.807) is 10.7 Å². The summed E-state index contributed by atoms with van der Waals surface area (Å²) >= 11 is 2.25. The number of carbonyl (C=O) groups excluding carboxylic acids is 1. The maximum atomic E-state index is 15.1. The fourth-order valence-electron chi connectivity index (χ4n) is 3.37. The minimum absolute atomic E-state index is 0.163. The average Bonchev–Trinajstić information content (AvgIpc) is 3.47. The number of aromatic nitrogens is 2. The Morgan fingerprint density at radius 1 is 1.19 bits per heavy atom. The number of aryl methyl sites for hydroxylation is 3. The van der Waals surface area contributed by atoms with Gasteiger partial charge in [-0.2, -0.15) is 5.10 Å². The SMILES string of the molecule is Cc1cc(C)n(-c2cc(Nc3ccc(I)cc3C)c(C(=O)NOCC3CC3)cc2F)n1. The van der Waals surface area contributed by atoms with Gasteiger partial charge >= 0.3 is 0 Å². The van der Waals surface area contributed by atoms with Gasteiger partial charge in [-0.05, 0) is 104 Å². The van der Waals surface area contributed by atoms with Crippen LogP contribution in [0.4, 0.5) is 15.8 Å². The van der Waals surface area contributed by atoms with E-state index in [0.717, 1.165) is 39.1 Å². The summed E-state index contributed by atoms with van der Waals surface area (Å²) in [7, 11) is 0. The molecular weight excluding hydrogens is 510 g/mol. The Balaban J connectivity index is 1.72. The molecule has 1 fully saturated rings. The lowest BCUT2D eigenvalue weighted by Crippen LogP contribution is -2.26. The van der Waals surface area contributed by atoms with E-state index >= 15 is 4.39 Å². The zero-order chi connectivity index (χ0) is 22.1. The largest absolute Gasteiger partial charge is 0.355 e. The van der Waals surface area contributed by atoms with E-state index < -0.39 is 11.7 Å². The van der Waals surface area contributed by atoms with Crippen molar-refractivity contribution in [3.63, 3.8) is 0 Å². The molecule has 0 unspecified atom stereocenters. The molecule has 1 aliphatic carbocycles. The number of amides is 1. The number of hydroxylamine groups is 1. The molecule has 1 aliphatic rings. The Kier molecular flexibility index (Phi) is 6.29. The minimum Gasteiger partial charge on any atom is -0.355 e. The normalized spacial score (nSPS) is 13.3. The van der Waals surface area contributed by atoms with Crippen molar-refractivity contribution in [2.45, 2.75) is 33.6 Å². The van der Waals surface area contributed by atoms with Gasteiger partial charge in [-0.1, -0.05) is 0 Å². The smallest absolute Gasteiger partial charge is 0.277 e. The Hall–Kier alpha value is -2.46. The number of hydrogen-bond acceptors (Lipinski definition) is 4. The van der Waals surface area contributed by atoms with E-state index in [-0.39, 0.29) is 11.3 Å². The molecule has 0 saturated heterocycles. The number of nitrogens with zero attached hydrogens (tertiary/aromatic N) is 2. The first kappa shape index (κ1) is 21.8. The van der Waals surface area contributed by atoms with Gasteiger partial charge in [0.15, 0.2) is 0 Å². The molecule has 0 radical (unpaired) electrons. The highest BCUT2D eigenvalue weighted by molar-refractivity contribution is 14.1. The zero-order valence-electron chi connectivity index (χ0n) is 17.6. The van der Waals surface area contributed by atoms with Gasteiger partial charge in [0.05, 0.1) is 23.6 Å². The lowest BCUT2D eigenvalue weighted by Gasteiger charge is -2.17. The first-order valence-electron chi connectivity index (χ1n) is 10.1. The Morgan fingerprint density at radius 2 is 1.97 bits per heavy atom. The Labute approximate surface area is 194 Å². The molecule has 162 valence electrons. The van der Waals surface area contributed by atoms with Crippen LogP contribution in [-0.2, 0) is 4.84 Å². The first-order chi connectivity index (χ1) is 14.8. The van der Waals surface area contributed by atoms with E-state index in [2.05, 4.69) is 38.5 Å². The predicted molar refractivity (Wildman–Crippen MR) is 126 cm³/mol. The molecule has 0 bridgehead atoms. The van der Waals surface area contributed by atoms with Crippen molar-refractivity contribution in [3.05, 3.63) is 68.3 Å². The van der Waals surface area contributed by atoms with Crippen LogP contribution >= 0.6 is 22.6 Å². The number of anilines is 2. The van der Waals surface area contributed by atoms with Gasteiger partial charge in [0.2, 0.25) is 0 Å². The summed E-state index contributed by atoms with van der Waals surface area (Å²) in [5.41, 5.74) is 6.80. The van der Waals surface area contributed by atoms with Crippen molar-refractivity contribution in [1.29, 1.82) is 0 Å². The number of halogens is 2. The highest BCUT2D eigenvalue weighted by atomic mass is 127. The molecule has 0 atom stereocenters. The number of hydrogen-bond donors (Lipinski definition) is 2. The van der Waals surface area contributed by atoms with E-state index in [9.17, 15) is 4.79 Å². The van der Waals surface area contributed by atoms with E-state index in [1.165, 1.54) is 6.07 Å². The third kappa shape index (κ3) is 5.07. The van der Waals surface area contributed by atoms with Gasteiger partial charge in [0.1, 0.15) is 11.5 Å². The lowest BCUT2D eigenvalue weighted by atomic mass is 10.1. The van der Waals surface area contributed by atoms with Crippen LogP contribution in [0.15, 0.2) is 36.4 Å². The summed E-state index contributed by atoms with van der Waals surface area (Å²) in [5, 5.41) is 7.69. The average molecular weight is 534 g/mol. The molecule has 1 amide bonds. The number of carbonyl (C=O) groups is 1. The van der Waals surface area contributed by atoms with Gasteiger partial charge in [-0.3, -0.25) is 9.63 Å². The summed E-state index contributed by atoms with van der Waals surface area (Å²) < 4.78 is 17.7. The van der Waals surface area contributed by atoms with Gasteiger partial charge in [-0.15, -0.1) is 0 Å². The van der Waals surface area contributed by atoms with Crippen molar-refractivity contribution in [1.82, 2.24) is 15.3 Å². The van der Waals surface area contributed by atoms with Crippen molar-refractivity contribution < 1.29 is 14.0 Å². The number of nitrogens with one attached hydrogen (secondary N) is 2. The first-order valence-corrected chi connectivity index (χ1v) is 11.2. The van der Waals surface area contributed by atoms with Crippen LogP contribution in [0.2, 0.25) is 0 Å². The predicted octanol–water partition coefficient (Wildman–Crippen LogP) is 5.36. The van der Waals surface area contributed by atoms with E-state index in [4.69, 9.17) is 4.84 Å². The summed E-state index contributed by atoms with van der Waals surface area (Å²) in [6.07, 6.45) is 2.22. The van der Waals surface area contributed by atoms with Crippen LogP contribution in [0.25, 0.3) is 5.69 Å². The molecular formula is C23H24FIN4O2. The maximum absolute atomic E-state index is 15.1. The van der Waals surface area contributed by atoms with Crippen molar-refractivity contribution in [2.24, 2.45) is 5.92 Å². The molecule has 1 saturated carbocycles. The molecule has 0 aliphatic heterocycles. The quantitative estimate of drug-likeness (QED) is 0.317. The van der Waals surface area contributed by atoms with Crippen LogP contribution < -0.4 is 10.8 Å². The summed E-state index contributed by atoms with van der Waals surface area (Å²) in [6.45, 7) is 6.17. The summed E-state index contributed by atoms with van der Waals surface area (Å²) in [4.78, 5) is 18.1. The van der Waals surface area contributed by atoms with Gasteiger partial charge in [-0.25, -0.2) is 14.6 Å². The standard InChI is InChI=1S/C23H24FIN4O2/c1-13-8-17(25)6-7-20(13)26-21-11-22(29-15(3)9-14(2)27-29)19(24)10-18(21)23(30)28-31-12-16-4-5-16/h6-11,16,26H,4-5,12H2,1-3H3,(H,28,30). The summed E-state index contributed by atoms with van der Waals surface area (Å²) in [5.74, 6) is -0.536. The Morgan fingerprint density at radius 3 is 2.61 bits per heavy atom. The second-order valence-corrected chi connectivity index (χ2v) is 9.20. The lowest BCUT2D eigenvalue weighted by molar-refractivity contribution is 0.0270. The van der Waals surface area contributed by atoms with Gasteiger partial charge in [0.25, 0.3) is 5.91 Å². The monoisotopic (exact) mass is 534 g/mol. The third-order valence-electron chi connectivity index (χ3n) is 5.21. The van der Waals surface area contributed by atoms with Crippen LogP contribution in [0.5, 0.6) is 0 Å². The molecule has 2 N–H and O–H groups in total. The molecule has 3 aromatic rings. The van der Waals surface area contributed by atoms with Gasteiger partial charge < -0.3 is 5.32 Å². The molecule has 1 aromatic heterocycles. The van der Waals surface area contributed by atoms with Crippen LogP contribution in [-0.4, -0.2) is 22.3 Å². The highest BCUT2D eigenvalue weighted by Crippen LogP contribution is 2.30. The molecule has 0 spiro atoms. The minimum atomic E-state index is -0.538.